The number of rotatable bonds is 5. The number of aryl methyl sites for hydroxylation is 1. The fourth-order valence-corrected chi connectivity index (χ4v) is 3.88. The van der Waals surface area contributed by atoms with Crippen molar-refractivity contribution < 1.29 is 13.9 Å². The lowest BCUT2D eigenvalue weighted by atomic mass is 9.97. The number of nitrogens with zero attached hydrogens (tertiary/aromatic N) is 2. The highest BCUT2D eigenvalue weighted by molar-refractivity contribution is 5.95. The van der Waals surface area contributed by atoms with Crippen LogP contribution in [-0.2, 0) is 4.74 Å². The van der Waals surface area contributed by atoms with E-state index in [1.807, 2.05) is 13.0 Å². The van der Waals surface area contributed by atoms with E-state index < -0.39 is 0 Å². The number of carbonyl (C=O) groups excluding carboxylic acids is 1. The Labute approximate surface area is 151 Å². The zero-order valence-corrected chi connectivity index (χ0v) is 15.9. The molecule has 1 atom stereocenters. The predicted molar refractivity (Wildman–Crippen MR) is 98.1 cm³/mol. The molecule has 2 fully saturated rings. The Kier molecular flexibility index (Phi) is 6.18. The highest BCUT2D eigenvalue weighted by Crippen LogP contribution is 2.27. The van der Waals surface area contributed by atoms with E-state index in [-0.39, 0.29) is 5.91 Å². The van der Waals surface area contributed by atoms with E-state index in [0.717, 1.165) is 75.7 Å². The average Bonchev–Trinajstić information content (AvgIpc) is 3.02. The normalized spacial score (nSPS) is 22.6. The van der Waals surface area contributed by atoms with Gasteiger partial charge in [-0.25, -0.2) is 0 Å². The molecular weight excluding hydrogens is 316 g/mol. The lowest BCUT2D eigenvalue weighted by molar-refractivity contribution is 0.0295. The van der Waals surface area contributed by atoms with Crippen molar-refractivity contribution in [3.05, 3.63) is 23.2 Å². The second-order valence-corrected chi connectivity index (χ2v) is 7.66. The first-order chi connectivity index (χ1) is 12.1. The second kappa shape index (κ2) is 8.37. The minimum Gasteiger partial charge on any atom is -0.465 e. The summed E-state index contributed by atoms with van der Waals surface area (Å²) in [6, 6.07) is 2.30. The van der Waals surface area contributed by atoms with Crippen LogP contribution in [0.3, 0.4) is 0 Å². The van der Waals surface area contributed by atoms with Crippen LogP contribution in [0.4, 0.5) is 0 Å². The lowest BCUT2D eigenvalue weighted by Gasteiger charge is -2.37. The number of ether oxygens (including phenoxy) is 1. The standard InChI is InChI=1S/C20H32N2O3/c1-15(2)19-14-18(16(3)25-19)20(23)22-8-5-4-6-17(22)7-9-21-10-12-24-13-11-21/h14-15,17H,4-13H2,1-3H3/t17-/m0/s1. The minimum absolute atomic E-state index is 0.153. The molecule has 0 spiro atoms. The van der Waals surface area contributed by atoms with Crippen LogP contribution in [0.2, 0.25) is 0 Å². The first-order valence-electron chi connectivity index (χ1n) is 9.77. The Balaban J connectivity index is 1.66. The summed E-state index contributed by atoms with van der Waals surface area (Å²) in [6.07, 6.45) is 4.50. The topological polar surface area (TPSA) is 45.9 Å². The summed E-state index contributed by atoms with van der Waals surface area (Å²) in [5, 5.41) is 0. The van der Waals surface area contributed by atoms with Gasteiger partial charge in [0.15, 0.2) is 0 Å². The molecule has 1 amide bonds. The smallest absolute Gasteiger partial charge is 0.257 e. The van der Waals surface area contributed by atoms with Crippen LogP contribution in [-0.4, -0.2) is 61.1 Å². The van der Waals surface area contributed by atoms with Gasteiger partial charge in [-0.15, -0.1) is 0 Å². The molecular formula is C20H32N2O3. The van der Waals surface area contributed by atoms with Gasteiger partial charge in [0.1, 0.15) is 11.5 Å². The van der Waals surface area contributed by atoms with E-state index >= 15 is 0 Å². The van der Waals surface area contributed by atoms with E-state index in [4.69, 9.17) is 9.15 Å². The monoisotopic (exact) mass is 348 g/mol. The van der Waals surface area contributed by atoms with Crippen molar-refractivity contribution in [3.63, 3.8) is 0 Å². The maximum Gasteiger partial charge on any atom is 0.257 e. The molecule has 2 aliphatic heterocycles. The van der Waals surface area contributed by atoms with Gasteiger partial charge in [-0.1, -0.05) is 13.8 Å². The highest BCUT2D eigenvalue weighted by atomic mass is 16.5. The largest absolute Gasteiger partial charge is 0.465 e. The fraction of sp³-hybridized carbons (Fsp3) is 0.750. The third-order valence-corrected chi connectivity index (χ3v) is 5.51. The number of hydrogen-bond acceptors (Lipinski definition) is 4. The first-order valence-corrected chi connectivity index (χ1v) is 9.77. The Morgan fingerprint density at radius 1 is 1.24 bits per heavy atom. The molecule has 2 aliphatic rings. The summed E-state index contributed by atoms with van der Waals surface area (Å²) >= 11 is 0. The van der Waals surface area contributed by atoms with Crippen LogP contribution in [0, 0.1) is 6.92 Å². The zero-order chi connectivity index (χ0) is 17.8. The predicted octanol–water partition coefficient (Wildman–Crippen LogP) is 3.43. The molecule has 5 nitrogen and oxygen atoms in total. The van der Waals surface area contributed by atoms with E-state index in [9.17, 15) is 4.79 Å². The molecule has 0 unspecified atom stereocenters. The maximum absolute atomic E-state index is 13.2. The molecule has 0 aromatic carbocycles. The molecule has 1 aromatic rings. The summed E-state index contributed by atoms with van der Waals surface area (Å²) in [4.78, 5) is 17.7. The van der Waals surface area contributed by atoms with Gasteiger partial charge in [0.25, 0.3) is 5.91 Å². The van der Waals surface area contributed by atoms with Gasteiger partial charge >= 0.3 is 0 Å². The van der Waals surface area contributed by atoms with Gasteiger partial charge < -0.3 is 14.1 Å². The number of likely N-dealkylation sites (tertiary alicyclic amines) is 1. The van der Waals surface area contributed by atoms with Crippen molar-refractivity contribution >= 4 is 5.91 Å². The molecule has 3 heterocycles. The van der Waals surface area contributed by atoms with Crippen molar-refractivity contribution in [1.29, 1.82) is 0 Å². The number of morpholine rings is 1. The van der Waals surface area contributed by atoms with Crippen LogP contribution >= 0.6 is 0 Å². The van der Waals surface area contributed by atoms with Gasteiger partial charge in [0.2, 0.25) is 0 Å². The van der Waals surface area contributed by atoms with Crippen molar-refractivity contribution in [2.75, 3.05) is 39.4 Å². The van der Waals surface area contributed by atoms with Crippen LogP contribution in [0.5, 0.6) is 0 Å². The molecule has 5 heteroatoms. The number of piperidine rings is 1. The molecule has 0 radical (unpaired) electrons. The summed E-state index contributed by atoms with van der Waals surface area (Å²) in [5.74, 6) is 2.12. The lowest BCUT2D eigenvalue weighted by Crippen LogP contribution is -2.46. The Bertz CT molecular complexity index is 575. The number of amides is 1. The summed E-state index contributed by atoms with van der Waals surface area (Å²) in [6.45, 7) is 11.7. The minimum atomic E-state index is 0.153. The molecule has 140 valence electrons. The number of carbonyl (C=O) groups is 1. The van der Waals surface area contributed by atoms with Crippen LogP contribution in [0.25, 0.3) is 0 Å². The molecule has 0 N–H and O–H groups in total. The maximum atomic E-state index is 13.2. The van der Waals surface area contributed by atoms with Crippen LogP contribution < -0.4 is 0 Å². The summed E-state index contributed by atoms with van der Waals surface area (Å²) in [5.41, 5.74) is 0.752. The van der Waals surface area contributed by atoms with Gasteiger partial charge in [0.05, 0.1) is 18.8 Å². The second-order valence-electron chi connectivity index (χ2n) is 7.66. The Hall–Kier alpha value is -1.33. The number of furan rings is 1. The average molecular weight is 348 g/mol. The third kappa shape index (κ3) is 4.45. The third-order valence-electron chi connectivity index (χ3n) is 5.51. The van der Waals surface area contributed by atoms with Crippen molar-refractivity contribution in [2.45, 2.75) is 58.4 Å². The summed E-state index contributed by atoms with van der Waals surface area (Å²) in [7, 11) is 0. The highest BCUT2D eigenvalue weighted by Gasteiger charge is 2.30. The number of hydrogen-bond donors (Lipinski definition) is 0. The quantitative estimate of drug-likeness (QED) is 0.818. The summed E-state index contributed by atoms with van der Waals surface area (Å²) < 4.78 is 11.2. The first kappa shape index (κ1) is 18.5. The molecule has 0 aliphatic carbocycles. The molecule has 3 rings (SSSR count). The SMILES string of the molecule is Cc1oc(C(C)C)cc1C(=O)N1CCCC[C@H]1CCN1CCOCC1. The van der Waals surface area contributed by atoms with E-state index in [0.29, 0.717) is 12.0 Å². The zero-order valence-electron chi connectivity index (χ0n) is 15.9. The van der Waals surface area contributed by atoms with E-state index in [2.05, 4.69) is 23.6 Å². The van der Waals surface area contributed by atoms with Crippen molar-refractivity contribution in [2.24, 2.45) is 0 Å². The van der Waals surface area contributed by atoms with Crippen LogP contribution in [0.15, 0.2) is 10.5 Å². The van der Waals surface area contributed by atoms with Crippen LogP contribution in [0.1, 0.15) is 67.3 Å². The van der Waals surface area contributed by atoms with Gasteiger partial charge in [-0.05, 0) is 38.7 Å². The molecule has 0 bridgehead atoms. The van der Waals surface area contributed by atoms with Crippen molar-refractivity contribution in [3.8, 4) is 0 Å². The van der Waals surface area contributed by atoms with Gasteiger partial charge in [0, 0.05) is 38.1 Å². The fourth-order valence-electron chi connectivity index (χ4n) is 3.88. The van der Waals surface area contributed by atoms with Crippen molar-refractivity contribution in [1.82, 2.24) is 9.80 Å². The Morgan fingerprint density at radius 2 is 2.00 bits per heavy atom. The molecule has 25 heavy (non-hydrogen) atoms. The molecule has 1 aromatic heterocycles. The van der Waals surface area contributed by atoms with Gasteiger partial charge in [-0.3, -0.25) is 9.69 Å². The Morgan fingerprint density at radius 3 is 2.68 bits per heavy atom. The molecule has 2 saturated heterocycles. The van der Waals surface area contributed by atoms with E-state index in [1.54, 1.807) is 0 Å². The molecule has 0 saturated carbocycles. The van der Waals surface area contributed by atoms with E-state index in [1.165, 1.54) is 6.42 Å². The van der Waals surface area contributed by atoms with Gasteiger partial charge in [-0.2, -0.15) is 0 Å².